The molecule has 7 heteroatoms. The molecule has 0 spiro atoms. The third-order valence-corrected chi connectivity index (χ3v) is 3.02. The highest BCUT2D eigenvalue weighted by Crippen LogP contribution is 2.24. The Balaban J connectivity index is 2.18. The number of nitrogen functional groups attached to an aromatic ring is 1. The van der Waals surface area contributed by atoms with Gasteiger partial charge in [0.25, 0.3) is 5.91 Å². The fraction of sp³-hybridized carbons (Fsp3) is 0.188. The average molecular weight is 324 g/mol. The molecule has 2 rings (SSSR count). The molecule has 0 bridgehead atoms. The second-order valence-electron chi connectivity index (χ2n) is 4.78. The number of halogens is 3. The number of hydrogen-bond donors (Lipinski definition) is 2. The molecule has 0 aliphatic heterocycles. The van der Waals surface area contributed by atoms with Crippen LogP contribution in [0.5, 0.6) is 5.75 Å². The highest BCUT2D eigenvalue weighted by atomic mass is 19.2. The standard InChI is InChI=1S/C16H15F3N2O2/c1-2-7-23-13-6-3-9(8-11(13)20)16(22)21-12-5-4-10(17)14(18)15(12)19/h3-6,8H,2,7,20H2,1H3,(H,21,22). The zero-order valence-corrected chi connectivity index (χ0v) is 12.3. The first-order chi connectivity index (χ1) is 10.9. The smallest absolute Gasteiger partial charge is 0.255 e. The lowest BCUT2D eigenvalue weighted by molar-refractivity contribution is 0.102. The van der Waals surface area contributed by atoms with E-state index in [2.05, 4.69) is 5.32 Å². The van der Waals surface area contributed by atoms with Crippen LogP contribution in [-0.4, -0.2) is 12.5 Å². The molecule has 0 aromatic heterocycles. The van der Waals surface area contributed by atoms with Crippen LogP contribution in [0.25, 0.3) is 0 Å². The number of rotatable bonds is 5. The number of ether oxygens (including phenoxy) is 1. The van der Waals surface area contributed by atoms with Crippen LogP contribution < -0.4 is 15.8 Å². The first-order valence-corrected chi connectivity index (χ1v) is 6.91. The summed E-state index contributed by atoms with van der Waals surface area (Å²) in [6.45, 7) is 2.42. The maximum Gasteiger partial charge on any atom is 0.255 e. The molecule has 1 amide bonds. The van der Waals surface area contributed by atoms with Crippen molar-refractivity contribution in [1.29, 1.82) is 0 Å². The van der Waals surface area contributed by atoms with E-state index in [-0.39, 0.29) is 11.3 Å². The van der Waals surface area contributed by atoms with Gasteiger partial charge < -0.3 is 15.8 Å². The molecule has 0 heterocycles. The van der Waals surface area contributed by atoms with Crippen molar-refractivity contribution in [1.82, 2.24) is 0 Å². The minimum Gasteiger partial charge on any atom is -0.491 e. The quantitative estimate of drug-likeness (QED) is 0.651. The molecule has 0 radical (unpaired) electrons. The summed E-state index contributed by atoms with van der Waals surface area (Å²) in [7, 11) is 0. The Bertz CT molecular complexity index is 736. The Kier molecular flexibility index (Phi) is 5.10. The van der Waals surface area contributed by atoms with E-state index in [1.807, 2.05) is 6.92 Å². The van der Waals surface area contributed by atoms with E-state index in [4.69, 9.17) is 10.5 Å². The van der Waals surface area contributed by atoms with Crippen molar-refractivity contribution in [3.05, 3.63) is 53.3 Å². The summed E-state index contributed by atoms with van der Waals surface area (Å²) >= 11 is 0. The predicted molar refractivity (Wildman–Crippen MR) is 80.9 cm³/mol. The number of benzene rings is 2. The van der Waals surface area contributed by atoms with E-state index >= 15 is 0 Å². The monoisotopic (exact) mass is 324 g/mol. The van der Waals surface area contributed by atoms with Gasteiger partial charge in [-0.25, -0.2) is 13.2 Å². The highest BCUT2D eigenvalue weighted by Gasteiger charge is 2.16. The summed E-state index contributed by atoms with van der Waals surface area (Å²) in [5, 5.41) is 2.17. The van der Waals surface area contributed by atoms with Crippen molar-refractivity contribution < 1.29 is 22.7 Å². The van der Waals surface area contributed by atoms with Gasteiger partial charge in [-0.3, -0.25) is 4.79 Å². The molecule has 0 saturated heterocycles. The van der Waals surface area contributed by atoms with E-state index in [0.717, 1.165) is 18.6 Å². The van der Waals surface area contributed by atoms with Crippen LogP contribution >= 0.6 is 0 Å². The van der Waals surface area contributed by atoms with E-state index < -0.39 is 29.0 Å². The second-order valence-corrected chi connectivity index (χ2v) is 4.78. The van der Waals surface area contributed by atoms with Crippen LogP contribution in [0.2, 0.25) is 0 Å². The van der Waals surface area contributed by atoms with Crippen LogP contribution in [0.4, 0.5) is 24.5 Å². The molecule has 0 aliphatic rings. The Morgan fingerprint density at radius 1 is 1.17 bits per heavy atom. The maximum atomic E-state index is 13.5. The molecule has 2 aromatic rings. The zero-order chi connectivity index (χ0) is 17.0. The van der Waals surface area contributed by atoms with Gasteiger partial charge in [-0.15, -0.1) is 0 Å². The Labute approximate surface area is 131 Å². The lowest BCUT2D eigenvalue weighted by Gasteiger charge is -2.11. The number of carbonyl (C=O) groups excluding carboxylic acids is 1. The summed E-state index contributed by atoms with van der Waals surface area (Å²) in [6, 6.07) is 5.98. The van der Waals surface area contributed by atoms with E-state index in [1.165, 1.54) is 18.2 Å². The molecule has 0 saturated carbocycles. The van der Waals surface area contributed by atoms with Crippen molar-refractivity contribution in [3.63, 3.8) is 0 Å². The van der Waals surface area contributed by atoms with Crippen molar-refractivity contribution in [2.75, 3.05) is 17.7 Å². The number of anilines is 2. The van der Waals surface area contributed by atoms with Crippen LogP contribution in [0, 0.1) is 17.5 Å². The number of nitrogens with one attached hydrogen (secondary N) is 1. The first-order valence-electron chi connectivity index (χ1n) is 6.91. The predicted octanol–water partition coefficient (Wildman–Crippen LogP) is 3.73. The number of nitrogens with two attached hydrogens (primary N) is 1. The summed E-state index contributed by atoms with van der Waals surface area (Å²) in [6.07, 6.45) is 0.803. The minimum atomic E-state index is -1.65. The van der Waals surface area contributed by atoms with Gasteiger partial charge in [-0.05, 0) is 36.8 Å². The minimum absolute atomic E-state index is 0.135. The molecular weight excluding hydrogens is 309 g/mol. The normalized spacial score (nSPS) is 10.4. The molecule has 0 atom stereocenters. The summed E-state index contributed by atoms with van der Waals surface area (Å²) in [5.41, 5.74) is 5.70. The van der Waals surface area contributed by atoms with Gasteiger partial charge in [0.1, 0.15) is 5.75 Å². The van der Waals surface area contributed by atoms with Gasteiger partial charge in [0.05, 0.1) is 18.0 Å². The summed E-state index contributed by atoms with van der Waals surface area (Å²) < 4.78 is 44.9. The number of carbonyl (C=O) groups is 1. The molecule has 4 nitrogen and oxygen atoms in total. The summed E-state index contributed by atoms with van der Waals surface area (Å²) in [5.74, 6) is -4.71. The van der Waals surface area contributed by atoms with Crippen molar-refractivity contribution >= 4 is 17.3 Å². The topological polar surface area (TPSA) is 64.3 Å². The second kappa shape index (κ2) is 7.04. The highest BCUT2D eigenvalue weighted by molar-refractivity contribution is 6.05. The van der Waals surface area contributed by atoms with Gasteiger partial charge in [0, 0.05) is 5.56 Å². The lowest BCUT2D eigenvalue weighted by Crippen LogP contribution is -2.14. The molecule has 122 valence electrons. The van der Waals surface area contributed by atoms with Gasteiger partial charge in [0.2, 0.25) is 0 Å². The van der Waals surface area contributed by atoms with Gasteiger partial charge in [0.15, 0.2) is 17.5 Å². The largest absolute Gasteiger partial charge is 0.491 e. The summed E-state index contributed by atoms with van der Waals surface area (Å²) in [4.78, 5) is 12.0. The number of hydrogen-bond acceptors (Lipinski definition) is 3. The van der Waals surface area contributed by atoms with E-state index in [1.54, 1.807) is 0 Å². The Hall–Kier alpha value is -2.70. The van der Waals surface area contributed by atoms with Crippen LogP contribution in [-0.2, 0) is 0 Å². The van der Waals surface area contributed by atoms with Crippen LogP contribution in [0.1, 0.15) is 23.7 Å². The third-order valence-electron chi connectivity index (χ3n) is 3.02. The molecule has 23 heavy (non-hydrogen) atoms. The van der Waals surface area contributed by atoms with Crippen LogP contribution in [0.3, 0.4) is 0 Å². The fourth-order valence-corrected chi connectivity index (χ4v) is 1.85. The first kappa shape index (κ1) is 16.7. The molecule has 0 aliphatic carbocycles. The SMILES string of the molecule is CCCOc1ccc(C(=O)Nc2ccc(F)c(F)c2F)cc1N. The number of amides is 1. The Morgan fingerprint density at radius 2 is 1.91 bits per heavy atom. The van der Waals surface area contributed by atoms with Gasteiger partial charge in [-0.2, -0.15) is 0 Å². The molecule has 3 N–H and O–H groups in total. The zero-order valence-electron chi connectivity index (χ0n) is 12.3. The van der Waals surface area contributed by atoms with E-state index in [9.17, 15) is 18.0 Å². The van der Waals surface area contributed by atoms with Crippen LogP contribution in [0.15, 0.2) is 30.3 Å². The molecule has 0 fully saturated rings. The van der Waals surface area contributed by atoms with Crippen molar-refractivity contribution in [2.24, 2.45) is 0 Å². The van der Waals surface area contributed by atoms with Gasteiger partial charge in [-0.1, -0.05) is 6.92 Å². The van der Waals surface area contributed by atoms with E-state index in [0.29, 0.717) is 12.4 Å². The Morgan fingerprint density at radius 3 is 2.57 bits per heavy atom. The lowest BCUT2D eigenvalue weighted by atomic mass is 10.1. The molecular formula is C16H15F3N2O2. The maximum absolute atomic E-state index is 13.5. The molecule has 2 aromatic carbocycles. The average Bonchev–Trinajstić information content (AvgIpc) is 2.54. The molecule has 0 unspecified atom stereocenters. The fourth-order valence-electron chi connectivity index (χ4n) is 1.85. The van der Waals surface area contributed by atoms with Gasteiger partial charge >= 0.3 is 0 Å². The van der Waals surface area contributed by atoms with Crippen molar-refractivity contribution in [2.45, 2.75) is 13.3 Å². The third kappa shape index (κ3) is 3.74. The van der Waals surface area contributed by atoms with Crippen molar-refractivity contribution in [3.8, 4) is 5.75 Å².